The molecule has 7 heteroatoms. The Labute approximate surface area is 271 Å². The van der Waals surface area contributed by atoms with Crippen LogP contribution in [0.5, 0.6) is 0 Å². The number of rotatable bonds is 7. The summed E-state index contributed by atoms with van der Waals surface area (Å²) >= 11 is 3.82. The summed E-state index contributed by atoms with van der Waals surface area (Å²) in [6.07, 6.45) is 14.2. The first-order valence-electron chi connectivity index (χ1n) is 14.7. The van der Waals surface area contributed by atoms with Crippen LogP contribution in [0.1, 0.15) is 12.5 Å². The molecule has 0 radical (unpaired) electrons. The number of hydrogen-bond acceptors (Lipinski definition) is 3. The Morgan fingerprint density at radius 2 is 1.49 bits per heavy atom. The average Bonchev–Trinajstić information content (AvgIpc) is 3.56. The molecule has 0 saturated carbocycles. The molecule has 0 amide bonds. The van der Waals surface area contributed by atoms with Crippen LogP contribution in [-0.4, -0.2) is 33.0 Å². The molecular weight excluding hydrogens is 590 g/mol. The van der Waals surface area contributed by atoms with Gasteiger partial charge in [-0.2, -0.15) is 12.2 Å². The molecule has 6 aromatic rings. The number of allylic oxidation sites excluding steroid dienone is 5. The second kappa shape index (κ2) is 14.6. The lowest BCUT2D eigenvalue weighted by molar-refractivity contribution is 0.426. The molecule has 0 fully saturated rings. The summed E-state index contributed by atoms with van der Waals surface area (Å²) in [5.41, 5.74) is 6.78. The molecule has 224 valence electrons. The lowest BCUT2D eigenvalue weighted by Gasteiger charge is -2.09. The van der Waals surface area contributed by atoms with Gasteiger partial charge in [-0.05, 0) is 79.2 Å². The molecule has 0 aliphatic carbocycles. The first-order chi connectivity index (χ1) is 22.0. The van der Waals surface area contributed by atoms with Gasteiger partial charge in [0.05, 0.1) is 21.9 Å². The van der Waals surface area contributed by atoms with Gasteiger partial charge >= 0.3 is 7.12 Å². The van der Waals surface area contributed by atoms with Crippen LogP contribution in [0.15, 0.2) is 128 Å². The van der Waals surface area contributed by atoms with Crippen molar-refractivity contribution in [3.8, 4) is 5.69 Å². The van der Waals surface area contributed by atoms with Gasteiger partial charge in [-0.1, -0.05) is 99.8 Å². The Morgan fingerprint density at radius 1 is 0.844 bits per heavy atom. The van der Waals surface area contributed by atoms with Gasteiger partial charge in [0.15, 0.2) is 0 Å². The van der Waals surface area contributed by atoms with Crippen LogP contribution in [0.25, 0.3) is 62.3 Å². The van der Waals surface area contributed by atoms with Crippen LogP contribution in [0.2, 0.25) is 0 Å². The van der Waals surface area contributed by atoms with Crippen LogP contribution < -0.4 is 16.0 Å². The third-order valence-corrected chi connectivity index (χ3v) is 7.69. The highest BCUT2D eigenvalue weighted by molar-refractivity contribution is 8.37. The smallest absolute Gasteiger partial charge is 0.423 e. The molecule has 45 heavy (non-hydrogen) atoms. The molecule has 6 rings (SSSR count). The molecular formula is C38H36BN2O2PS. The second-order valence-electron chi connectivity index (χ2n) is 10.3. The molecule has 2 N–H and O–H groups in total. The van der Waals surface area contributed by atoms with E-state index in [9.17, 15) is 10.0 Å². The second-order valence-corrected chi connectivity index (χ2v) is 12.1. The number of benzene rings is 4. The van der Waals surface area contributed by atoms with E-state index in [1.54, 1.807) is 18.2 Å². The van der Waals surface area contributed by atoms with Gasteiger partial charge in [0, 0.05) is 32.8 Å². The number of fused-ring (bicyclic) bond motifs is 4. The highest BCUT2D eigenvalue weighted by Crippen LogP contribution is 2.32. The number of hydrogen-bond donors (Lipinski definition) is 3. The van der Waals surface area contributed by atoms with Crippen LogP contribution in [0.3, 0.4) is 0 Å². The Bertz CT molecular complexity index is 2190. The fourth-order valence-corrected chi connectivity index (χ4v) is 5.80. The van der Waals surface area contributed by atoms with Gasteiger partial charge in [-0.25, -0.2) is 0 Å². The molecule has 1 unspecified atom stereocenters. The van der Waals surface area contributed by atoms with Crippen molar-refractivity contribution >= 4 is 89.2 Å². The van der Waals surface area contributed by atoms with E-state index in [0.717, 1.165) is 57.4 Å². The van der Waals surface area contributed by atoms with Gasteiger partial charge in [0.1, 0.15) is 0 Å². The number of nitrogens with zero attached hydrogens (tertiary/aromatic N) is 2. The summed E-state index contributed by atoms with van der Waals surface area (Å²) in [5.74, 6) is 0. The van der Waals surface area contributed by atoms with Crippen LogP contribution in [-0.2, 0) is 0 Å². The maximum absolute atomic E-state index is 9.53. The summed E-state index contributed by atoms with van der Waals surface area (Å²) in [7, 11) is -0.711. The van der Waals surface area contributed by atoms with Crippen molar-refractivity contribution in [3.63, 3.8) is 0 Å². The fraction of sp³-hybridized carbons (Fsp3) is 0.0526. The number of aromatic nitrogens is 2. The van der Waals surface area contributed by atoms with Crippen molar-refractivity contribution in [1.82, 2.24) is 9.13 Å². The van der Waals surface area contributed by atoms with Crippen LogP contribution in [0.4, 0.5) is 0 Å². The van der Waals surface area contributed by atoms with Crippen molar-refractivity contribution in [2.45, 2.75) is 6.92 Å². The fourth-order valence-electron chi connectivity index (χ4n) is 5.80. The van der Waals surface area contributed by atoms with Gasteiger partial charge in [-0.15, -0.1) is 0 Å². The van der Waals surface area contributed by atoms with Gasteiger partial charge in [0.25, 0.3) is 0 Å². The SMILES string of the molecule is C=C/C=C(\C=C)n1c(=C/C=C/c2ccc3c(c2)c2ccccc2n3-c2ccc(B(O)O)cc2)/c(=C\C)c2ccccc21.CPS. The first kappa shape index (κ1) is 32.1. The van der Waals surface area contributed by atoms with Gasteiger partial charge in [-0.3, -0.25) is 0 Å². The molecule has 0 spiro atoms. The van der Waals surface area contributed by atoms with Gasteiger partial charge in [0.2, 0.25) is 0 Å². The van der Waals surface area contributed by atoms with Crippen molar-refractivity contribution in [2.24, 2.45) is 0 Å². The van der Waals surface area contributed by atoms with E-state index in [1.807, 2.05) is 37.0 Å². The Balaban J connectivity index is 0.00000128. The number of para-hydroxylation sites is 2. The maximum Gasteiger partial charge on any atom is 0.488 e. The molecule has 0 aliphatic heterocycles. The summed E-state index contributed by atoms with van der Waals surface area (Å²) in [6, 6.07) is 30.6. The normalized spacial score (nSPS) is 13.0. The van der Waals surface area contributed by atoms with E-state index in [4.69, 9.17) is 0 Å². The first-order valence-corrected chi connectivity index (χ1v) is 17.5. The highest BCUT2D eigenvalue weighted by Gasteiger charge is 2.14. The molecule has 2 heterocycles. The minimum Gasteiger partial charge on any atom is -0.423 e. The predicted octanol–water partition coefficient (Wildman–Crippen LogP) is 7.06. The van der Waals surface area contributed by atoms with E-state index in [1.165, 1.54) is 10.6 Å². The molecule has 0 aliphatic rings. The Morgan fingerprint density at radius 3 is 2.13 bits per heavy atom. The third-order valence-electron chi connectivity index (χ3n) is 7.69. The standard InChI is InChI=1S/C37H31BN2O2.CH5PS/c1-4-12-28(5-2)39-34(30(6-3)31-14-7-9-16-35(31)39)18-11-13-26-19-24-37-33(25-26)32-15-8-10-17-36(32)40(37)29-22-20-27(21-23-29)38(41)42;1-2-3/h4-25,41-42H,1-2H2,3H3;2-3H,1H3/b13-11+,28-12+,30-6-,34-18+;. The van der Waals surface area contributed by atoms with Gasteiger partial charge < -0.3 is 19.2 Å². The minimum absolute atomic E-state index is 0.464. The zero-order chi connectivity index (χ0) is 31.9. The molecule has 4 nitrogen and oxygen atoms in total. The molecule has 0 saturated heterocycles. The predicted molar refractivity (Wildman–Crippen MR) is 203 cm³/mol. The van der Waals surface area contributed by atoms with Crippen LogP contribution in [0, 0.1) is 0 Å². The molecule has 2 aromatic heterocycles. The van der Waals surface area contributed by atoms with E-state index in [2.05, 4.69) is 126 Å². The average molecular weight is 627 g/mol. The van der Waals surface area contributed by atoms with E-state index >= 15 is 0 Å². The molecule has 1 atom stereocenters. The molecule has 4 aromatic carbocycles. The van der Waals surface area contributed by atoms with Crippen molar-refractivity contribution in [3.05, 3.63) is 145 Å². The van der Waals surface area contributed by atoms with E-state index in [-0.39, 0.29) is 0 Å². The zero-order valence-corrected chi connectivity index (χ0v) is 27.3. The third kappa shape index (κ3) is 6.42. The summed E-state index contributed by atoms with van der Waals surface area (Å²) < 4.78 is 4.43. The zero-order valence-electron chi connectivity index (χ0n) is 25.4. The molecule has 0 bridgehead atoms. The van der Waals surface area contributed by atoms with E-state index in [0.29, 0.717) is 5.46 Å². The largest absolute Gasteiger partial charge is 0.488 e. The maximum atomic E-state index is 9.53. The minimum atomic E-state index is -1.49. The van der Waals surface area contributed by atoms with Crippen molar-refractivity contribution < 1.29 is 10.0 Å². The Kier molecular flexibility index (Phi) is 10.4. The lowest BCUT2D eigenvalue weighted by Crippen LogP contribution is -2.29. The quantitative estimate of drug-likeness (QED) is 0.0769. The monoisotopic (exact) mass is 626 g/mol. The number of thiol groups is 1. The van der Waals surface area contributed by atoms with Crippen molar-refractivity contribution in [1.29, 1.82) is 0 Å². The summed E-state index contributed by atoms with van der Waals surface area (Å²) in [6.45, 7) is 12.0. The summed E-state index contributed by atoms with van der Waals surface area (Å²) in [4.78, 5) is 0. The van der Waals surface area contributed by atoms with Crippen molar-refractivity contribution in [2.75, 3.05) is 6.66 Å². The topological polar surface area (TPSA) is 50.3 Å². The van der Waals surface area contributed by atoms with Crippen LogP contribution >= 0.6 is 20.0 Å². The summed E-state index contributed by atoms with van der Waals surface area (Å²) in [5, 5.41) is 24.8. The highest BCUT2D eigenvalue weighted by atomic mass is 32.7. The lowest BCUT2D eigenvalue weighted by atomic mass is 9.80. The Hall–Kier alpha value is -4.32. The van der Waals surface area contributed by atoms with E-state index < -0.39 is 7.12 Å².